The van der Waals surface area contributed by atoms with Gasteiger partial charge in [-0.15, -0.1) is 24.0 Å². The lowest BCUT2D eigenvalue weighted by atomic mass is 10.3. The van der Waals surface area contributed by atoms with E-state index in [1.54, 1.807) is 7.05 Å². The highest BCUT2D eigenvalue weighted by Gasteiger charge is 2.02. The van der Waals surface area contributed by atoms with Crippen LogP contribution < -0.4 is 15.4 Å². The lowest BCUT2D eigenvalue weighted by Gasteiger charge is -2.12. The highest BCUT2D eigenvalue weighted by molar-refractivity contribution is 14.0. The Morgan fingerprint density at radius 1 is 1.18 bits per heavy atom. The summed E-state index contributed by atoms with van der Waals surface area (Å²) in [4.78, 5) is 4.06. The van der Waals surface area contributed by atoms with E-state index < -0.39 is 9.84 Å². The minimum absolute atomic E-state index is 0. The molecular formula is C14H24IN3O3S. The first-order valence-electron chi connectivity index (χ1n) is 6.81. The summed E-state index contributed by atoms with van der Waals surface area (Å²) in [5.41, 5.74) is 0. The maximum atomic E-state index is 11.0. The molecule has 0 unspecified atom stereocenters. The van der Waals surface area contributed by atoms with Crippen molar-refractivity contribution < 1.29 is 13.2 Å². The second-order valence-electron chi connectivity index (χ2n) is 4.57. The van der Waals surface area contributed by atoms with Gasteiger partial charge in [0.15, 0.2) is 5.96 Å². The monoisotopic (exact) mass is 441 g/mol. The number of para-hydroxylation sites is 1. The van der Waals surface area contributed by atoms with Crippen LogP contribution in [0.3, 0.4) is 0 Å². The van der Waals surface area contributed by atoms with E-state index in [0.29, 0.717) is 32.1 Å². The Hall–Kier alpha value is -1.03. The first kappa shape index (κ1) is 21.0. The number of nitrogens with zero attached hydrogens (tertiary/aromatic N) is 1. The second kappa shape index (κ2) is 11.5. The van der Waals surface area contributed by atoms with Crippen LogP contribution in [-0.4, -0.2) is 53.1 Å². The highest BCUT2D eigenvalue weighted by atomic mass is 127. The van der Waals surface area contributed by atoms with Gasteiger partial charge < -0.3 is 15.4 Å². The van der Waals surface area contributed by atoms with E-state index in [9.17, 15) is 8.42 Å². The number of aliphatic imine (C=N–C) groups is 1. The van der Waals surface area contributed by atoms with Gasteiger partial charge in [-0.2, -0.15) is 0 Å². The Kier molecular flexibility index (Phi) is 11.0. The van der Waals surface area contributed by atoms with Crippen LogP contribution in [0.15, 0.2) is 35.3 Å². The molecule has 0 spiro atoms. The van der Waals surface area contributed by atoms with Gasteiger partial charge in [0.1, 0.15) is 22.2 Å². The molecule has 0 heterocycles. The summed E-state index contributed by atoms with van der Waals surface area (Å²) in [6, 6.07) is 9.58. The molecule has 0 atom stereocenters. The number of rotatable bonds is 8. The topological polar surface area (TPSA) is 79.8 Å². The van der Waals surface area contributed by atoms with E-state index in [-0.39, 0.29) is 29.7 Å². The molecule has 2 N–H and O–H groups in total. The SMILES string of the molecule is CN=C(NCCCS(C)(=O)=O)NCCOc1ccccc1.I. The molecule has 0 saturated heterocycles. The van der Waals surface area contributed by atoms with Crippen molar-refractivity contribution in [2.24, 2.45) is 4.99 Å². The van der Waals surface area contributed by atoms with Gasteiger partial charge in [0, 0.05) is 19.8 Å². The number of hydrogen-bond acceptors (Lipinski definition) is 4. The third-order valence-electron chi connectivity index (χ3n) is 2.61. The second-order valence-corrected chi connectivity index (χ2v) is 6.83. The van der Waals surface area contributed by atoms with Crippen molar-refractivity contribution in [1.29, 1.82) is 0 Å². The van der Waals surface area contributed by atoms with Crippen LogP contribution in [0.4, 0.5) is 0 Å². The molecule has 0 bridgehead atoms. The van der Waals surface area contributed by atoms with Crippen molar-refractivity contribution in [3.8, 4) is 5.75 Å². The Morgan fingerprint density at radius 2 is 1.82 bits per heavy atom. The van der Waals surface area contributed by atoms with Gasteiger partial charge in [0.2, 0.25) is 0 Å². The van der Waals surface area contributed by atoms with Crippen molar-refractivity contribution in [2.45, 2.75) is 6.42 Å². The predicted octanol–water partition coefficient (Wildman–Crippen LogP) is 1.28. The van der Waals surface area contributed by atoms with Crippen molar-refractivity contribution in [3.05, 3.63) is 30.3 Å². The fraction of sp³-hybridized carbons (Fsp3) is 0.500. The van der Waals surface area contributed by atoms with Gasteiger partial charge in [-0.1, -0.05) is 18.2 Å². The number of hydrogen-bond donors (Lipinski definition) is 2. The van der Waals surface area contributed by atoms with Crippen molar-refractivity contribution in [1.82, 2.24) is 10.6 Å². The molecule has 8 heteroatoms. The maximum absolute atomic E-state index is 11.0. The third kappa shape index (κ3) is 10.7. The molecule has 0 aliphatic rings. The van der Waals surface area contributed by atoms with Crippen LogP contribution in [0.1, 0.15) is 6.42 Å². The minimum atomic E-state index is -2.90. The van der Waals surface area contributed by atoms with Crippen LogP contribution in [-0.2, 0) is 9.84 Å². The van der Waals surface area contributed by atoms with Crippen molar-refractivity contribution in [3.63, 3.8) is 0 Å². The molecule has 1 rings (SSSR count). The van der Waals surface area contributed by atoms with E-state index in [1.165, 1.54) is 6.26 Å². The lowest BCUT2D eigenvalue weighted by molar-refractivity contribution is 0.322. The van der Waals surface area contributed by atoms with Crippen LogP contribution in [0.5, 0.6) is 5.75 Å². The fourth-order valence-corrected chi connectivity index (χ4v) is 2.29. The summed E-state index contributed by atoms with van der Waals surface area (Å²) in [5, 5.41) is 6.16. The molecule has 6 nitrogen and oxygen atoms in total. The number of guanidine groups is 1. The average molecular weight is 441 g/mol. The molecule has 1 aromatic rings. The molecule has 0 aromatic heterocycles. The molecule has 0 amide bonds. The van der Waals surface area contributed by atoms with Crippen LogP contribution in [0.2, 0.25) is 0 Å². The zero-order valence-electron chi connectivity index (χ0n) is 12.9. The normalized spacial score (nSPS) is 11.5. The molecule has 0 aliphatic heterocycles. The molecule has 0 saturated carbocycles. The predicted molar refractivity (Wildman–Crippen MR) is 101 cm³/mol. The third-order valence-corrected chi connectivity index (χ3v) is 3.64. The first-order valence-corrected chi connectivity index (χ1v) is 8.87. The van der Waals surface area contributed by atoms with Crippen LogP contribution >= 0.6 is 24.0 Å². The summed E-state index contributed by atoms with van der Waals surface area (Å²) >= 11 is 0. The van der Waals surface area contributed by atoms with E-state index in [2.05, 4.69) is 15.6 Å². The number of ether oxygens (including phenoxy) is 1. The summed E-state index contributed by atoms with van der Waals surface area (Å²) in [5.74, 6) is 1.64. The fourth-order valence-electron chi connectivity index (χ4n) is 1.62. The number of sulfone groups is 1. The van der Waals surface area contributed by atoms with Crippen LogP contribution in [0.25, 0.3) is 0 Å². The minimum Gasteiger partial charge on any atom is -0.492 e. The van der Waals surface area contributed by atoms with E-state index in [1.807, 2.05) is 30.3 Å². The number of benzene rings is 1. The van der Waals surface area contributed by atoms with Crippen molar-refractivity contribution in [2.75, 3.05) is 38.8 Å². The molecule has 0 aliphatic carbocycles. The molecule has 22 heavy (non-hydrogen) atoms. The largest absolute Gasteiger partial charge is 0.492 e. The van der Waals surface area contributed by atoms with Crippen molar-refractivity contribution >= 4 is 39.8 Å². The summed E-state index contributed by atoms with van der Waals surface area (Å²) in [6.07, 6.45) is 1.79. The number of halogens is 1. The van der Waals surface area contributed by atoms with Crippen LogP contribution in [0, 0.1) is 0 Å². The number of nitrogens with one attached hydrogen (secondary N) is 2. The summed E-state index contributed by atoms with van der Waals surface area (Å²) in [7, 11) is -1.23. The first-order chi connectivity index (χ1) is 10.0. The van der Waals surface area contributed by atoms with E-state index in [4.69, 9.17) is 4.74 Å². The quantitative estimate of drug-likeness (QED) is 0.275. The van der Waals surface area contributed by atoms with Gasteiger partial charge in [0.25, 0.3) is 0 Å². The molecular weight excluding hydrogens is 417 g/mol. The maximum Gasteiger partial charge on any atom is 0.191 e. The van der Waals surface area contributed by atoms with E-state index in [0.717, 1.165) is 5.75 Å². The Bertz CT molecular complexity index is 536. The Labute approximate surface area is 149 Å². The van der Waals surface area contributed by atoms with Gasteiger partial charge in [-0.25, -0.2) is 8.42 Å². The molecule has 1 aromatic carbocycles. The van der Waals surface area contributed by atoms with Gasteiger partial charge in [0.05, 0.1) is 12.3 Å². The standard InChI is InChI=1S/C14H23N3O3S.HI/c1-15-14(16-9-6-12-21(2,18)19)17-10-11-20-13-7-4-3-5-8-13;/h3-5,7-8H,6,9-12H2,1-2H3,(H2,15,16,17);1H. The zero-order valence-corrected chi connectivity index (χ0v) is 16.1. The zero-order chi connectivity index (χ0) is 15.6. The summed E-state index contributed by atoms with van der Waals surface area (Å²) < 4.78 is 27.5. The smallest absolute Gasteiger partial charge is 0.191 e. The van der Waals surface area contributed by atoms with Gasteiger partial charge in [-0.3, -0.25) is 4.99 Å². The Balaban J connectivity index is 0.00000441. The summed E-state index contributed by atoms with van der Waals surface area (Å²) in [6.45, 7) is 1.70. The molecule has 0 radical (unpaired) electrons. The van der Waals surface area contributed by atoms with Gasteiger partial charge >= 0.3 is 0 Å². The van der Waals surface area contributed by atoms with Gasteiger partial charge in [-0.05, 0) is 18.6 Å². The molecule has 0 fully saturated rings. The Morgan fingerprint density at radius 3 is 2.41 bits per heavy atom. The van der Waals surface area contributed by atoms with E-state index >= 15 is 0 Å². The highest BCUT2D eigenvalue weighted by Crippen LogP contribution is 2.07. The molecule has 126 valence electrons. The lowest BCUT2D eigenvalue weighted by Crippen LogP contribution is -2.40. The average Bonchev–Trinajstić information content (AvgIpc) is 2.45.